The first-order valence-electron chi connectivity index (χ1n) is 30.8. The van der Waals surface area contributed by atoms with Crippen molar-refractivity contribution in [2.75, 3.05) is 99.8 Å². The number of carbonyl (C=O) groups is 3. The number of fused-ring (bicyclic) bond motifs is 8. The van der Waals surface area contributed by atoms with Gasteiger partial charge in [-0.25, -0.2) is 0 Å². The highest BCUT2D eigenvalue weighted by molar-refractivity contribution is 8.77. The van der Waals surface area contributed by atoms with Crippen molar-refractivity contribution < 1.29 is 60.5 Å². The highest BCUT2D eigenvalue weighted by Crippen LogP contribution is 2.44. The van der Waals surface area contributed by atoms with E-state index < -0.39 is 31.6 Å². The van der Waals surface area contributed by atoms with Crippen LogP contribution in [0.2, 0.25) is 0 Å². The first-order valence-corrected chi connectivity index (χ1v) is 34.6. The molecule has 0 spiro atoms. The van der Waals surface area contributed by atoms with E-state index in [9.17, 15) is 27.4 Å². The van der Waals surface area contributed by atoms with Gasteiger partial charge in [0, 0.05) is 84.6 Å². The Balaban J connectivity index is 0.915. The SMILES string of the molecule is COCCOCCOCCN(CC(C)(C)SSCCC(C(=O)NC(C)(C)C1CCCCCC1)S(=O)(=O)O)c1cc(COc2cc3c(cc2OC)C(=O)N2c4ccccc4C[C@H]2C=N3)cc(COc2cc3c(cc2OC)C(=O)N2c4ccccc4C[C@H]2CN3)c1. The summed E-state index contributed by atoms with van der Waals surface area (Å²) >= 11 is 0. The number of methoxy groups -OCH3 is 3. The van der Waals surface area contributed by atoms with E-state index in [2.05, 4.69) is 47.6 Å². The fraction of sp³-hybridized carbons (Fsp3) is 0.493. The number of anilines is 4. The molecule has 5 aromatic carbocycles. The summed E-state index contributed by atoms with van der Waals surface area (Å²) in [6, 6.07) is 28.8. The summed E-state index contributed by atoms with van der Waals surface area (Å²) in [6.07, 6.45) is 9.46. The number of aliphatic imine (C=N–C) groups is 1. The average Bonchev–Trinajstić information content (AvgIpc) is 1.68. The molecule has 5 aliphatic rings. The smallest absolute Gasteiger partial charge is 0.276 e. The van der Waals surface area contributed by atoms with E-state index in [0.717, 1.165) is 84.3 Å². The predicted molar refractivity (Wildman–Crippen MR) is 352 cm³/mol. The van der Waals surface area contributed by atoms with E-state index in [1.807, 2.05) is 79.6 Å². The molecule has 478 valence electrons. The minimum atomic E-state index is -4.71. The van der Waals surface area contributed by atoms with Gasteiger partial charge in [-0.2, -0.15) is 8.42 Å². The van der Waals surface area contributed by atoms with Gasteiger partial charge in [0.2, 0.25) is 5.91 Å². The molecule has 4 heterocycles. The predicted octanol–water partition coefficient (Wildman–Crippen LogP) is 11.3. The molecule has 5 aromatic rings. The van der Waals surface area contributed by atoms with Crippen molar-refractivity contribution in [1.82, 2.24) is 5.32 Å². The van der Waals surface area contributed by atoms with Gasteiger partial charge >= 0.3 is 0 Å². The zero-order chi connectivity index (χ0) is 62.9. The standard InChI is InChI=1S/C67H84N6O13S3/c1-66(2,88-87-29-22-62(89(77,78)79)63(74)70-67(3,4)48-18-10-8-9-11-19-48)43-71(23-24-83-27-28-84-26-25-80-5)49-31-44(41-85-60-37-54-52(35-58(60)81-6)64(75)72-50(39-68-54)33-46-16-12-14-20-56(46)72)30-45(32-49)42-86-61-38-55-53(36-59(61)82-7)65(76)73-51(40-69-55)34-47-17-13-15-21-57(47)73/h12-17,20-21,30-32,35-39,48,50-51,62,69H,8-11,18-19,22-29,33-34,40-43H2,1-7H3,(H,70,74)(H,77,78,79)/t50-,51-,62?/m0/s1. The van der Waals surface area contributed by atoms with Crippen LogP contribution in [0.15, 0.2) is 96.0 Å². The summed E-state index contributed by atoms with van der Waals surface area (Å²) in [6.45, 7) is 11.8. The van der Waals surface area contributed by atoms with Crippen LogP contribution in [0.1, 0.15) is 116 Å². The second kappa shape index (κ2) is 29.2. The van der Waals surface area contributed by atoms with Crippen LogP contribution < -0.4 is 44.3 Å². The Bertz CT molecular complexity index is 3480. The van der Waals surface area contributed by atoms with Crippen LogP contribution >= 0.6 is 21.6 Å². The van der Waals surface area contributed by atoms with Gasteiger partial charge in [-0.1, -0.05) is 83.7 Å². The highest BCUT2D eigenvalue weighted by Gasteiger charge is 2.41. The molecule has 3 amide bonds. The molecule has 1 fully saturated rings. The number of benzene rings is 5. The van der Waals surface area contributed by atoms with Gasteiger partial charge in [0.1, 0.15) is 13.2 Å². The van der Waals surface area contributed by atoms with Crippen LogP contribution in [0.3, 0.4) is 0 Å². The largest absolute Gasteiger partial charge is 0.493 e. The van der Waals surface area contributed by atoms with E-state index in [1.54, 1.807) is 55.2 Å². The number of nitrogens with zero attached hydrogens (tertiary/aromatic N) is 4. The van der Waals surface area contributed by atoms with Gasteiger partial charge in [0.25, 0.3) is 21.9 Å². The Hall–Kier alpha value is -6.53. The first-order chi connectivity index (χ1) is 42.8. The summed E-state index contributed by atoms with van der Waals surface area (Å²) in [4.78, 5) is 53.2. The minimum absolute atomic E-state index is 0.0591. The summed E-state index contributed by atoms with van der Waals surface area (Å²) < 4.78 is 77.9. The number of carbonyl (C=O) groups excluding carboxylic acids is 3. The number of amides is 3. The lowest BCUT2D eigenvalue weighted by atomic mass is 9.82. The van der Waals surface area contributed by atoms with Crippen molar-refractivity contribution in [3.63, 3.8) is 0 Å². The Morgan fingerprint density at radius 3 is 2.02 bits per heavy atom. The zero-order valence-corrected chi connectivity index (χ0v) is 54.5. The maximum atomic E-state index is 14.4. The molecule has 19 nitrogen and oxygen atoms in total. The third kappa shape index (κ3) is 15.8. The van der Waals surface area contributed by atoms with E-state index in [0.29, 0.717) is 105 Å². The van der Waals surface area contributed by atoms with Gasteiger partial charge in [0.15, 0.2) is 28.2 Å². The third-order valence-corrected chi connectivity index (χ3v) is 21.8. The van der Waals surface area contributed by atoms with Crippen LogP contribution in [-0.4, -0.2) is 144 Å². The number of ether oxygens (including phenoxy) is 7. The van der Waals surface area contributed by atoms with E-state index in [-0.39, 0.29) is 55.2 Å². The van der Waals surface area contributed by atoms with Crippen LogP contribution in [0.25, 0.3) is 0 Å². The van der Waals surface area contributed by atoms with Gasteiger partial charge in [-0.3, -0.25) is 28.8 Å². The molecule has 22 heteroatoms. The lowest BCUT2D eigenvalue weighted by molar-refractivity contribution is -0.123. The molecule has 1 unspecified atom stereocenters. The number of rotatable bonds is 29. The second-order valence-corrected chi connectivity index (χ2v) is 29.3. The molecular weight excluding hydrogens is 1190 g/mol. The Morgan fingerprint density at radius 1 is 0.753 bits per heavy atom. The van der Waals surface area contributed by atoms with Crippen molar-refractivity contribution in [3.8, 4) is 23.0 Å². The lowest BCUT2D eigenvalue weighted by Crippen LogP contribution is -2.53. The molecule has 10 rings (SSSR count). The van der Waals surface area contributed by atoms with E-state index in [4.69, 9.17) is 38.2 Å². The molecule has 1 saturated carbocycles. The molecular formula is C67H84N6O13S3. The van der Waals surface area contributed by atoms with Crippen molar-refractivity contribution >= 4 is 84.1 Å². The topological polar surface area (TPSA) is 216 Å². The Kier molecular flexibility index (Phi) is 21.4. The molecule has 3 N–H and O–H groups in total. The molecule has 0 aromatic heterocycles. The highest BCUT2D eigenvalue weighted by atomic mass is 33.1. The fourth-order valence-corrected chi connectivity index (χ4v) is 16.2. The summed E-state index contributed by atoms with van der Waals surface area (Å²) in [7, 11) is 3.03. The van der Waals surface area contributed by atoms with E-state index >= 15 is 0 Å². The number of para-hydroxylation sites is 2. The summed E-state index contributed by atoms with van der Waals surface area (Å²) in [5, 5.41) is 4.94. The summed E-state index contributed by atoms with van der Waals surface area (Å²) in [5.41, 5.74) is 7.75. The monoisotopic (exact) mass is 1280 g/mol. The lowest BCUT2D eigenvalue weighted by Gasteiger charge is -2.36. The fourth-order valence-electron chi connectivity index (χ4n) is 12.7. The maximum absolute atomic E-state index is 14.4. The Labute approximate surface area is 531 Å². The number of nitrogens with one attached hydrogen (secondary N) is 2. The van der Waals surface area contributed by atoms with Gasteiger partial charge in [-0.15, -0.1) is 0 Å². The third-order valence-electron chi connectivity index (χ3n) is 17.3. The maximum Gasteiger partial charge on any atom is 0.276 e. The molecule has 0 saturated heterocycles. The minimum Gasteiger partial charge on any atom is -0.493 e. The number of hydrogen-bond acceptors (Lipinski definition) is 17. The van der Waals surface area contributed by atoms with Crippen molar-refractivity contribution in [1.29, 1.82) is 0 Å². The van der Waals surface area contributed by atoms with Gasteiger partial charge in [0.05, 0.1) is 81.8 Å². The Morgan fingerprint density at radius 2 is 1.36 bits per heavy atom. The molecule has 0 radical (unpaired) electrons. The van der Waals surface area contributed by atoms with Crippen molar-refractivity contribution in [3.05, 3.63) is 124 Å². The van der Waals surface area contributed by atoms with Crippen molar-refractivity contribution in [2.24, 2.45) is 10.9 Å². The molecule has 1 aliphatic carbocycles. The second-order valence-electron chi connectivity index (χ2n) is 24.5. The molecule has 4 aliphatic heterocycles. The van der Waals surface area contributed by atoms with Crippen LogP contribution in [-0.2, 0) is 55.2 Å². The molecule has 3 atom stereocenters. The quantitative estimate of drug-likeness (QED) is 0.0176. The van der Waals surface area contributed by atoms with Gasteiger partial charge in [-0.05, 0) is 124 Å². The first kappa shape index (κ1) is 65.4. The average molecular weight is 1280 g/mol. The van der Waals surface area contributed by atoms with E-state index in [1.165, 1.54) is 10.8 Å². The van der Waals surface area contributed by atoms with Crippen LogP contribution in [0.4, 0.5) is 28.4 Å². The molecule has 89 heavy (non-hydrogen) atoms. The number of hydrogen-bond donors (Lipinski definition) is 3. The zero-order valence-electron chi connectivity index (χ0n) is 52.0. The summed E-state index contributed by atoms with van der Waals surface area (Å²) in [5.74, 6) is 1.11. The molecule has 0 bridgehead atoms. The normalized spacial score (nSPS) is 17.6. The van der Waals surface area contributed by atoms with Crippen molar-refractivity contribution in [2.45, 2.75) is 126 Å². The van der Waals surface area contributed by atoms with Crippen LogP contribution in [0.5, 0.6) is 23.0 Å². The van der Waals surface area contributed by atoms with Gasteiger partial charge < -0.3 is 53.6 Å². The van der Waals surface area contributed by atoms with Crippen LogP contribution in [0, 0.1) is 5.92 Å².